The third kappa shape index (κ3) is 3.07. The van der Waals surface area contributed by atoms with Crippen molar-refractivity contribution in [3.8, 4) is 0 Å². The molecule has 0 N–H and O–H groups in total. The Morgan fingerprint density at radius 1 is 0.963 bits per heavy atom. The maximum Gasteiger partial charge on any atom is 0.141 e. The molecule has 1 aromatic carbocycles. The lowest BCUT2D eigenvalue weighted by Gasteiger charge is -2.37. The minimum Gasteiger partial charge on any atom is -0.367 e. The van der Waals surface area contributed by atoms with E-state index in [4.69, 9.17) is 21.6 Å². The Kier molecular flexibility index (Phi) is 4.44. The number of hydrogen-bond donors (Lipinski definition) is 0. The number of hydrogen-bond acceptors (Lipinski definition) is 5. The summed E-state index contributed by atoms with van der Waals surface area (Å²) >= 11 is 8.29. The summed E-state index contributed by atoms with van der Waals surface area (Å²) in [7, 11) is 0. The Hall–Kier alpha value is -1.85. The molecule has 3 heterocycles. The van der Waals surface area contributed by atoms with E-state index in [1.807, 2.05) is 30.4 Å². The molecule has 2 aliphatic rings. The van der Waals surface area contributed by atoms with Crippen LogP contribution in [0.15, 0.2) is 24.3 Å². The first-order valence-electron chi connectivity index (χ1n) is 9.74. The van der Waals surface area contributed by atoms with Gasteiger partial charge in [-0.15, -0.1) is 11.3 Å². The second-order valence-electron chi connectivity index (χ2n) is 7.41. The van der Waals surface area contributed by atoms with Gasteiger partial charge in [0.05, 0.1) is 16.1 Å². The first kappa shape index (κ1) is 17.3. The fourth-order valence-corrected chi connectivity index (χ4v) is 5.89. The van der Waals surface area contributed by atoms with Crippen LogP contribution in [0.2, 0.25) is 5.02 Å². The molecule has 4 nitrogen and oxygen atoms in total. The number of piperazine rings is 1. The number of halogens is 1. The number of benzene rings is 1. The highest BCUT2D eigenvalue weighted by atomic mass is 35.5. The molecule has 0 amide bonds. The molecule has 0 atom stereocenters. The third-order valence-electron chi connectivity index (χ3n) is 5.68. The molecule has 2 aromatic heterocycles. The van der Waals surface area contributed by atoms with E-state index in [2.05, 4.69) is 21.9 Å². The highest BCUT2D eigenvalue weighted by molar-refractivity contribution is 7.19. The molecular formula is C21H23ClN4S. The number of anilines is 2. The summed E-state index contributed by atoms with van der Waals surface area (Å²) < 4.78 is 0. The second-order valence-corrected chi connectivity index (χ2v) is 8.90. The summed E-state index contributed by atoms with van der Waals surface area (Å²) in [6.07, 6.45) is 4.97. The van der Waals surface area contributed by atoms with Gasteiger partial charge in [0.2, 0.25) is 0 Å². The van der Waals surface area contributed by atoms with E-state index in [-0.39, 0.29) is 0 Å². The second kappa shape index (κ2) is 6.95. The van der Waals surface area contributed by atoms with Gasteiger partial charge in [-0.3, -0.25) is 0 Å². The molecule has 0 saturated carbocycles. The van der Waals surface area contributed by atoms with Crippen LogP contribution in [-0.2, 0) is 12.8 Å². The van der Waals surface area contributed by atoms with Gasteiger partial charge < -0.3 is 9.80 Å². The van der Waals surface area contributed by atoms with Gasteiger partial charge in [0.1, 0.15) is 16.5 Å². The fraction of sp³-hybridized carbons (Fsp3) is 0.429. The Labute approximate surface area is 168 Å². The quantitative estimate of drug-likeness (QED) is 0.617. The Morgan fingerprint density at radius 2 is 1.70 bits per heavy atom. The predicted molar refractivity (Wildman–Crippen MR) is 115 cm³/mol. The lowest BCUT2D eigenvalue weighted by Crippen LogP contribution is -2.47. The van der Waals surface area contributed by atoms with Crippen molar-refractivity contribution in [1.82, 2.24) is 9.97 Å². The van der Waals surface area contributed by atoms with Crippen LogP contribution in [0.5, 0.6) is 0 Å². The Morgan fingerprint density at radius 3 is 2.52 bits per heavy atom. The molecule has 27 heavy (non-hydrogen) atoms. The molecule has 3 aromatic rings. The maximum atomic E-state index is 6.40. The zero-order valence-electron chi connectivity index (χ0n) is 15.5. The van der Waals surface area contributed by atoms with Crippen LogP contribution in [0.1, 0.15) is 29.1 Å². The average molecular weight is 399 g/mol. The van der Waals surface area contributed by atoms with E-state index in [1.165, 1.54) is 46.3 Å². The number of nitrogens with zero attached hydrogens (tertiary/aromatic N) is 4. The van der Waals surface area contributed by atoms with Gasteiger partial charge in [-0.2, -0.15) is 0 Å². The lowest BCUT2D eigenvalue weighted by atomic mass is 9.97. The number of rotatable bonds is 2. The number of aromatic nitrogens is 2. The molecule has 1 saturated heterocycles. The van der Waals surface area contributed by atoms with Crippen molar-refractivity contribution >= 4 is 44.7 Å². The number of thiophene rings is 1. The van der Waals surface area contributed by atoms with Crippen molar-refractivity contribution in [2.24, 2.45) is 0 Å². The smallest absolute Gasteiger partial charge is 0.141 e. The van der Waals surface area contributed by atoms with Gasteiger partial charge in [0.15, 0.2) is 0 Å². The normalized spacial score (nSPS) is 17.4. The van der Waals surface area contributed by atoms with Crippen LogP contribution in [0.3, 0.4) is 0 Å². The van der Waals surface area contributed by atoms with Gasteiger partial charge in [-0.05, 0) is 50.3 Å². The van der Waals surface area contributed by atoms with E-state index in [0.717, 1.165) is 48.5 Å². The average Bonchev–Trinajstić information content (AvgIpc) is 3.06. The first-order chi connectivity index (χ1) is 13.2. The molecule has 1 fully saturated rings. The molecular weight excluding hydrogens is 376 g/mol. The lowest BCUT2D eigenvalue weighted by molar-refractivity contribution is 0.647. The first-order valence-corrected chi connectivity index (χ1v) is 10.9. The molecule has 6 heteroatoms. The summed E-state index contributed by atoms with van der Waals surface area (Å²) in [6.45, 7) is 5.85. The highest BCUT2D eigenvalue weighted by Crippen LogP contribution is 2.40. The van der Waals surface area contributed by atoms with Crippen LogP contribution in [0.25, 0.3) is 10.2 Å². The molecule has 0 unspecified atom stereocenters. The summed E-state index contributed by atoms with van der Waals surface area (Å²) in [5.74, 6) is 2.03. The van der Waals surface area contributed by atoms with E-state index in [0.29, 0.717) is 0 Å². The van der Waals surface area contributed by atoms with Gasteiger partial charge >= 0.3 is 0 Å². The van der Waals surface area contributed by atoms with Crippen LogP contribution in [0.4, 0.5) is 11.5 Å². The van der Waals surface area contributed by atoms with Crippen molar-refractivity contribution < 1.29 is 0 Å². The van der Waals surface area contributed by atoms with Gasteiger partial charge in [0.25, 0.3) is 0 Å². The highest BCUT2D eigenvalue weighted by Gasteiger charge is 2.26. The summed E-state index contributed by atoms with van der Waals surface area (Å²) in [6, 6.07) is 8.13. The number of para-hydroxylation sites is 1. The third-order valence-corrected chi connectivity index (χ3v) is 7.19. The van der Waals surface area contributed by atoms with Gasteiger partial charge in [-0.25, -0.2) is 9.97 Å². The topological polar surface area (TPSA) is 32.3 Å². The Bertz CT molecular complexity index is 991. The van der Waals surface area contributed by atoms with Crippen molar-refractivity contribution in [3.63, 3.8) is 0 Å². The van der Waals surface area contributed by atoms with E-state index < -0.39 is 0 Å². The monoisotopic (exact) mass is 398 g/mol. The van der Waals surface area contributed by atoms with Gasteiger partial charge in [0, 0.05) is 31.1 Å². The molecule has 1 aliphatic carbocycles. The zero-order chi connectivity index (χ0) is 18.4. The maximum absolute atomic E-state index is 6.40. The molecule has 0 spiro atoms. The summed E-state index contributed by atoms with van der Waals surface area (Å²) in [4.78, 5) is 17.2. The fourth-order valence-electron chi connectivity index (χ4n) is 4.34. The number of aryl methyl sites for hydroxylation is 3. The van der Waals surface area contributed by atoms with Crippen molar-refractivity contribution in [2.75, 3.05) is 36.0 Å². The van der Waals surface area contributed by atoms with Crippen LogP contribution in [0, 0.1) is 6.92 Å². The van der Waals surface area contributed by atoms with E-state index >= 15 is 0 Å². The predicted octanol–water partition coefficient (Wildman–Crippen LogP) is 4.86. The molecule has 0 bridgehead atoms. The summed E-state index contributed by atoms with van der Waals surface area (Å²) in [5.41, 5.74) is 2.65. The largest absolute Gasteiger partial charge is 0.367 e. The van der Waals surface area contributed by atoms with E-state index in [9.17, 15) is 0 Å². The minimum atomic E-state index is 0.832. The molecule has 1 aliphatic heterocycles. The van der Waals surface area contributed by atoms with Crippen molar-refractivity contribution in [3.05, 3.63) is 45.6 Å². The zero-order valence-corrected chi connectivity index (χ0v) is 17.1. The van der Waals surface area contributed by atoms with Crippen molar-refractivity contribution in [1.29, 1.82) is 0 Å². The van der Waals surface area contributed by atoms with Crippen LogP contribution < -0.4 is 9.80 Å². The SMILES string of the molecule is Cc1nc(N2CCN(c3ccccc3Cl)CC2)c2c3c(sc2n1)CCCC3. The Balaban J connectivity index is 1.47. The standard InChI is InChI=1S/C21H23ClN4S/c1-14-23-20(19-15-6-2-5-9-18(15)27-21(19)24-14)26-12-10-25(11-13-26)17-8-4-3-7-16(17)22/h3-4,7-8H,2,5-6,9-13H2,1H3. The molecule has 140 valence electrons. The van der Waals surface area contributed by atoms with Crippen LogP contribution >= 0.6 is 22.9 Å². The van der Waals surface area contributed by atoms with Crippen molar-refractivity contribution in [2.45, 2.75) is 32.6 Å². The summed E-state index contributed by atoms with van der Waals surface area (Å²) in [5, 5.41) is 2.16. The van der Waals surface area contributed by atoms with Crippen LogP contribution in [-0.4, -0.2) is 36.1 Å². The van der Waals surface area contributed by atoms with E-state index in [1.54, 1.807) is 0 Å². The number of fused-ring (bicyclic) bond motifs is 3. The minimum absolute atomic E-state index is 0.832. The molecule has 5 rings (SSSR count). The van der Waals surface area contributed by atoms with Gasteiger partial charge in [-0.1, -0.05) is 23.7 Å². The molecule has 0 radical (unpaired) electrons.